The van der Waals surface area contributed by atoms with Crippen LogP contribution in [0.25, 0.3) is 0 Å². The average molecular weight is 375 g/mol. The fraction of sp³-hybridized carbons (Fsp3) is 0.333. The second kappa shape index (κ2) is 6.44. The molecule has 0 saturated carbocycles. The molecule has 0 radical (unpaired) electrons. The lowest BCUT2D eigenvalue weighted by atomic mass is 10.1. The van der Waals surface area contributed by atoms with Crippen molar-refractivity contribution in [3.8, 4) is 0 Å². The van der Waals surface area contributed by atoms with Crippen molar-refractivity contribution >= 4 is 45.3 Å². The SMILES string of the molecule is O=C(O)C1CSCCN1C(=O)c1ccc(Br)c([N+](=O)[O-])c1. The van der Waals surface area contributed by atoms with Crippen molar-refractivity contribution in [1.82, 2.24) is 4.90 Å². The van der Waals surface area contributed by atoms with Crippen LogP contribution in [-0.2, 0) is 4.79 Å². The fourth-order valence-corrected chi connectivity index (χ4v) is 3.43. The molecule has 1 N–H and O–H groups in total. The Kier molecular flexibility index (Phi) is 4.84. The molecule has 1 amide bonds. The summed E-state index contributed by atoms with van der Waals surface area (Å²) >= 11 is 4.51. The van der Waals surface area contributed by atoms with Gasteiger partial charge in [-0.25, -0.2) is 4.79 Å². The molecule has 0 spiro atoms. The number of carboxylic acid groups (broad SMARTS) is 1. The van der Waals surface area contributed by atoms with Crippen molar-refractivity contribution in [2.75, 3.05) is 18.1 Å². The Morgan fingerprint density at radius 2 is 2.19 bits per heavy atom. The number of benzene rings is 1. The molecule has 1 heterocycles. The third-order valence-corrected chi connectivity index (χ3v) is 4.76. The molecule has 0 bridgehead atoms. The molecule has 1 saturated heterocycles. The van der Waals surface area contributed by atoms with Gasteiger partial charge in [-0.05, 0) is 28.1 Å². The summed E-state index contributed by atoms with van der Waals surface area (Å²) in [4.78, 5) is 35.2. The van der Waals surface area contributed by atoms with E-state index < -0.39 is 22.8 Å². The summed E-state index contributed by atoms with van der Waals surface area (Å²) in [6.07, 6.45) is 0. The Labute approximate surface area is 132 Å². The number of nitro benzene ring substituents is 1. The van der Waals surface area contributed by atoms with Crippen LogP contribution in [0.5, 0.6) is 0 Å². The van der Waals surface area contributed by atoms with Crippen LogP contribution in [0.15, 0.2) is 22.7 Å². The second-order valence-corrected chi connectivity index (χ2v) is 6.35. The van der Waals surface area contributed by atoms with Gasteiger partial charge in [0, 0.05) is 29.7 Å². The van der Waals surface area contributed by atoms with Gasteiger partial charge >= 0.3 is 5.97 Å². The van der Waals surface area contributed by atoms with Gasteiger partial charge in [0.1, 0.15) is 6.04 Å². The molecule has 21 heavy (non-hydrogen) atoms. The first-order valence-corrected chi connectivity index (χ1v) is 7.92. The largest absolute Gasteiger partial charge is 0.480 e. The van der Waals surface area contributed by atoms with E-state index in [9.17, 15) is 19.7 Å². The number of rotatable bonds is 3. The summed E-state index contributed by atoms with van der Waals surface area (Å²) < 4.78 is 0.271. The summed E-state index contributed by atoms with van der Waals surface area (Å²) in [5, 5.41) is 20.1. The van der Waals surface area contributed by atoms with E-state index >= 15 is 0 Å². The third kappa shape index (κ3) is 3.35. The van der Waals surface area contributed by atoms with Crippen LogP contribution < -0.4 is 0 Å². The Hall–Kier alpha value is -1.61. The maximum absolute atomic E-state index is 12.4. The van der Waals surface area contributed by atoms with Gasteiger partial charge in [-0.2, -0.15) is 11.8 Å². The number of hydrogen-bond acceptors (Lipinski definition) is 5. The van der Waals surface area contributed by atoms with Crippen LogP contribution in [0.2, 0.25) is 0 Å². The predicted octanol–water partition coefficient (Wildman–Crippen LogP) is 2.00. The molecule has 9 heteroatoms. The summed E-state index contributed by atoms with van der Waals surface area (Å²) in [7, 11) is 0. The lowest BCUT2D eigenvalue weighted by molar-refractivity contribution is -0.385. The highest BCUT2D eigenvalue weighted by Crippen LogP contribution is 2.27. The molecule has 0 aliphatic carbocycles. The Morgan fingerprint density at radius 3 is 2.81 bits per heavy atom. The number of carbonyl (C=O) groups is 2. The number of hydrogen-bond donors (Lipinski definition) is 1. The van der Waals surface area contributed by atoms with E-state index in [1.165, 1.54) is 28.8 Å². The topological polar surface area (TPSA) is 101 Å². The number of nitro groups is 1. The van der Waals surface area contributed by atoms with Gasteiger partial charge in [0.2, 0.25) is 0 Å². The first-order chi connectivity index (χ1) is 9.91. The molecular weight excluding hydrogens is 364 g/mol. The van der Waals surface area contributed by atoms with Crippen LogP contribution in [0.3, 0.4) is 0 Å². The number of carboxylic acids is 1. The van der Waals surface area contributed by atoms with Gasteiger partial charge in [-0.15, -0.1) is 0 Å². The van der Waals surface area contributed by atoms with Gasteiger partial charge in [-0.1, -0.05) is 0 Å². The number of halogens is 1. The van der Waals surface area contributed by atoms with E-state index in [2.05, 4.69) is 15.9 Å². The van der Waals surface area contributed by atoms with E-state index in [1.807, 2.05) is 0 Å². The van der Waals surface area contributed by atoms with E-state index in [4.69, 9.17) is 5.11 Å². The van der Waals surface area contributed by atoms with Gasteiger partial charge in [0.15, 0.2) is 0 Å². The van der Waals surface area contributed by atoms with E-state index in [1.54, 1.807) is 0 Å². The number of nitrogens with zero attached hydrogens (tertiary/aromatic N) is 2. The summed E-state index contributed by atoms with van der Waals surface area (Å²) in [5.74, 6) is -0.603. The molecule has 2 rings (SSSR count). The van der Waals surface area contributed by atoms with Crippen LogP contribution >= 0.6 is 27.7 Å². The van der Waals surface area contributed by atoms with Gasteiger partial charge in [-0.3, -0.25) is 14.9 Å². The molecule has 1 unspecified atom stereocenters. The zero-order valence-electron chi connectivity index (χ0n) is 10.7. The highest BCUT2D eigenvalue weighted by atomic mass is 79.9. The highest BCUT2D eigenvalue weighted by Gasteiger charge is 2.33. The summed E-state index contributed by atoms with van der Waals surface area (Å²) in [6, 6.07) is 3.12. The van der Waals surface area contributed by atoms with Crippen molar-refractivity contribution in [2.45, 2.75) is 6.04 Å². The van der Waals surface area contributed by atoms with Crippen LogP contribution in [0.1, 0.15) is 10.4 Å². The standard InChI is InChI=1S/C12H11BrN2O5S/c13-8-2-1-7(5-9(8)15(19)20)11(16)14-3-4-21-6-10(14)12(17)18/h1-2,5,10H,3-4,6H2,(H,17,18). The predicted molar refractivity (Wildman–Crippen MR) is 80.6 cm³/mol. The molecule has 1 atom stereocenters. The van der Waals surface area contributed by atoms with Crippen LogP contribution in [0, 0.1) is 10.1 Å². The minimum Gasteiger partial charge on any atom is -0.480 e. The Bertz CT molecular complexity index is 609. The molecule has 1 aromatic carbocycles. The molecular formula is C12H11BrN2O5S. The van der Waals surface area contributed by atoms with Crippen molar-refractivity contribution < 1.29 is 19.6 Å². The van der Waals surface area contributed by atoms with E-state index in [-0.39, 0.29) is 15.7 Å². The lowest BCUT2D eigenvalue weighted by Gasteiger charge is -2.32. The molecule has 1 aliphatic heterocycles. The van der Waals surface area contributed by atoms with Gasteiger partial charge < -0.3 is 10.0 Å². The third-order valence-electron chi connectivity index (χ3n) is 3.06. The number of amides is 1. The van der Waals surface area contributed by atoms with E-state index in [0.717, 1.165) is 6.07 Å². The monoisotopic (exact) mass is 374 g/mol. The minimum absolute atomic E-state index is 0.114. The molecule has 1 fully saturated rings. The zero-order valence-corrected chi connectivity index (χ0v) is 13.1. The smallest absolute Gasteiger partial charge is 0.327 e. The first kappa shape index (κ1) is 15.8. The Morgan fingerprint density at radius 1 is 1.48 bits per heavy atom. The quantitative estimate of drug-likeness (QED) is 0.641. The molecule has 0 aromatic heterocycles. The highest BCUT2D eigenvalue weighted by molar-refractivity contribution is 9.10. The fourth-order valence-electron chi connectivity index (χ4n) is 2.00. The van der Waals surface area contributed by atoms with Crippen LogP contribution in [0.4, 0.5) is 5.69 Å². The maximum Gasteiger partial charge on any atom is 0.327 e. The number of carbonyl (C=O) groups excluding carboxylic acids is 1. The normalized spacial score (nSPS) is 18.3. The number of aliphatic carboxylic acids is 1. The molecule has 112 valence electrons. The summed E-state index contributed by atoms with van der Waals surface area (Å²) in [5.41, 5.74) is -0.109. The molecule has 1 aliphatic rings. The van der Waals surface area contributed by atoms with Crippen molar-refractivity contribution in [1.29, 1.82) is 0 Å². The summed E-state index contributed by atoms with van der Waals surface area (Å²) in [6.45, 7) is 0.310. The van der Waals surface area contributed by atoms with E-state index in [0.29, 0.717) is 18.1 Å². The Balaban J connectivity index is 2.32. The average Bonchev–Trinajstić information content (AvgIpc) is 2.46. The second-order valence-electron chi connectivity index (χ2n) is 4.35. The number of thioether (sulfide) groups is 1. The van der Waals surface area contributed by atoms with Gasteiger partial charge in [0.25, 0.3) is 11.6 Å². The maximum atomic E-state index is 12.4. The van der Waals surface area contributed by atoms with Crippen molar-refractivity contribution in [3.63, 3.8) is 0 Å². The zero-order chi connectivity index (χ0) is 15.6. The minimum atomic E-state index is -1.07. The van der Waals surface area contributed by atoms with Gasteiger partial charge in [0.05, 0.1) is 9.40 Å². The molecule has 7 nitrogen and oxygen atoms in total. The molecule has 1 aromatic rings. The van der Waals surface area contributed by atoms with Crippen molar-refractivity contribution in [2.24, 2.45) is 0 Å². The van der Waals surface area contributed by atoms with Crippen molar-refractivity contribution in [3.05, 3.63) is 38.3 Å². The van der Waals surface area contributed by atoms with Crippen LogP contribution in [-0.4, -0.2) is 50.9 Å². The lowest BCUT2D eigenvalue weighted by Crippen LogP contribution is -2.50. The first-order valence-electron chi connectivity index (χ1n) is 5.97.